The fourth-order valence-corrected chi connectivity index (χ4v) is 2.48. The molecule has 0 atom stereocenters. The van der Waals surface area contributed by atoms with Crippen molar-refractivity contribution in [3.8, 4) is 11.5 Å². The van der Waals surface area contributed by atoms with Gasteiger partial charge in [0.2, 0.25) is 0 Å². The van der Waals surface area contributed by atoms with E-state index >= 15 is 0 Å². The molecular weight excluding hydrogens is 400 g/mol. The van der Waals surface area contributed by atoms with Gasteiger partial charge in [0.15, 0.2) is 6.61 Å². The molecule has 0 unspecified atom stereocenters. The van der Waals surface area contributed by atoms with E-state index in [1.807, 2.05) is 32.9 Å². The van der Waals surface area contributed by atoms with Crippen LogP contribution >= 0.6 is 15.9 Å². The Morgan fingerprint density at radius 1 is 1.08 bits per heavy atom. The van der Waals surface area contributed by atoms with E-state index in [-0.39, 0.29) is 12.7 Å². The molecule has 2 aromatic carbocycles. The van der Waals surface area contributed by atoms with Crippen molar-refractivity contribution in [3.05, 3.63) is 58.1 Å². The number of benzene rings is 2. The first-order valence-corrected chi connectivity index (χ1v) is 8.89. The van der Waals surface area contributed by atoms with E-state index < -0.39 is 11.8 Å². The molecule has 0 spiro atoms. The van der Waals surface area contributed by atoms with Crippen LogP contribution in [-0.4, -0.2) is 24.5 Å². The molecule has 2 aromatic rings. The second-order valence-electron chi connectivity index (χ2n) is 5.92. The van der Waals surface area contributed by atoms with Crippen LogP contribution in [0.3, 0.4) is 0 Å². The quantitative estimate of drug-likeness (QED) is 0.702. The molecule has 2 amide bonds. The van der Waals surface area contributed by atoms with Crippen molar-refractivity contribution in [3.63, 3.8) is 0 Å². The van der Waals surface area contributed by atoms with E-state index in [1.54, 1.807) is 30.3 Å². The fourth-order valence-electron chi connectivity index (χ4n) is 2.01. The maximum absolute atomic E-state index is 12.1. The van der Waals surface area contributed by atoms with Crippen LogP contribution in [-0.2, 0) is 4.79 Å². The Kier molecular flexibility index (Phi) is 7.03. The highest BCUT2D eigenvalue weighted by Gasteiger charge is 2.11. The third-order valence-corrected chi connectivity index (χ3v) is 3.88. The second-order valence-corrected chi connectivity index (χ2v) is 6.77. The number of hydrogen-bond acceptors (Lipinski definition) is 4. The summed E-state index contributed by atoms with van der Waals surface area (Å²) in [6.07, 6.45) is 0.0267. The monoisotopic (exact) mass is 420 g/mol. The van der Waals surface area contributed by atoms with Crippen molar-refractivity contribution in [2.45, 2.75) is 26.9 Å². The lowest BCUT2D eigenvalue weighted by Crippen LogP contribution is -2.43. The maximum Gasteiger partial charge on any atom is 0.276 e. The van der Waals surface area contributed by atoms with Crippen molar-refractivity contribution in [2.75, 3.05) is 6.61 Å². The number of aryl methyl sites for hydroxylation is 1. The lowest BCUT2D eigenvalue weighted by Gasteiger charge is -2.13. The summed E-state index contributed by atoms with van der Waals surface area (Å²) in [5, 5.41) is 0. The molecule has 0 aliphatic rings. The number of rotatable bonds is 6. The largest absolute Gasteiger partial charge is 0.490 e. The average molecular weight is 421 g/mol. The zero-order valence-corrected chi connectivity index (χ0v) is 16.4. The van der Waals surface area contributed by atoms with E-state index in [0.717, 1.165) is 5.56 Å². The molecule has 0 saturated carbocycles. The van der Waals surface area contributed by atoms with Crippen molar-refractivity contribution in [2.24, 2.45) is 0 Å². The van der Waals surface area contributed by atoms with E-state index in [9.17, 15) is 9.59 Å². The minimum atomic E-state index is -0.460. The van der Waals surface area contributed by atoms with Gasteiger partial charge in [-0.3, -0.25) is 20.4 Å². The molecule has 0 fully saturated rings. The molecule has 2 rings (SSSR count). The molecule has 2 N–H and O–H groups in total. The van der Waals surface area contributed by atoms with Gasteiger partial charge in [-0.25, -0.2) is 0 Å². The van der Waals surface area contributed by atoms with Gasteiger partial charge >= 0.3 is 0 Å². The second kappa shape index (κ2) is 9.24. The summed E-state index contributed by atoms with van der Waals surface area (Å²) in [6.45, 7) is 5.60. The van der Waals surface area contributed by atoms with Gasteiger partial charge in [0, 0.05) is 5.56 Å². The highest BCUT2D eigenvalue weighted by atomic mass is 79.9. The molecule has 26 heavy (non-hydrogen) atoms. The fraction of sp³-hybridized carbons (Fsp3) is 0.263. The molecule has 6 nitrogen and oxygen atoms in total. The Bertz CT molecular complexity index is 776. The maximum atomic E-state index is 12.1. The summed E-state index contributed by atoms with van der Waals surface area (Å²) in [5.41, 5.74) is 6.15. The summed E-state index contributed by atoms with van der Waals surface area (Å²) in [5.74, 6) is 0.331. The van der Waals surface area contributed by atoms with E-state index in [4.69, 9.17) is 9.47 Å². The lowest BCUT2D eigenvalue weighted by atomic mass is 10.2. The van der Waals surface area contributed by atoms with Crippen LogP contribution in [0.5, 0.6) is 11.5 Å². The Hall–Kier alpha value is -2.54. The van der Waals surface area contributed by atoms with Crippen molar-refractivity contribution in [1.29, 1.82) is 0 Å². The molecule has 0 saturated heterocycles. The predicted molar refractivity (Wildman–Crippen MR) is 102 cm³/mol. The molecular formula is C19H21BrN2O4. The zero-order valence-electron chi connectivity index (χ0n) is 14.8. The van der Waals surface area contributed by atoms with Gasteiger partial charge in [-0.1, -0.05) is 17.7 Å². The van der Waals surface area contributed by atoms with Crippen LogP contribution in [0.25, 0.3) is 0 Å². The highest BCUT2D eigenvalue weighted by molar-refractivity contribution is 9.10. The number of carbonyl (C=O) groups is 2. The number of halogens is 1. The van der Waals surface area contributed by atoms with Gasteiger partial charge in [0.1, 0.15) is 11.5 Å². The Labute approximate surface area is 161 Å². The minimum Gasteiger partial charge on any atom is -0.490 e. The number of carbonyl (C=O) groups excluding carboxylic acids is 2. The molecule has 7 heteroatoms. The van der Waals surface area contributed by atoms with E-state index in [2.05, 4.69) is 26.8 Å². The average Bonchev–Trinajstić information content (AvgIpc) is 2.60. The van der Waals surface area contributed by atoms with Crippen molar-refractivity contribution in [1.82, 2.24) is 10.9 Å². The molecule has 0 bridgehead atoms. The first kappa shape index (κ1) is 19.8. The van der Waals surface area contributed by atoms with Crippen LogP contribution in [0.4, 0.5) is 0 Å². The Morgan fingerprint density at radius 2 is 1.77 bits per heavy atom. The molecule has 138 valence electrons. The smallest absolute Gasteiger partial charge is 0.276 e. The van der Waals surface area contributed by atoms with Crippen LogP contribution in [0, 0.1) is 6.92 Å². The summed E-state index contributed by atoms with van der Waals surface area (Å²) >= 11 is 3.37. The van der Waals surface area contributed by atoms with Crippen LogP contribution in [0.2, 0.25) is 0 Å². The Morgan fingerprint density at radius 3 is 2.38 bits per heavy atom. The predicted octanol–water partition coefficient (Wildman–Crippen LogP) is 3.38. The summed E-state index contributed by atoms with van der Waals surface area (Å²) < 4.78 is 11.6. The van der Waals surface area contributed by atoms with E-state index in [1.165, 1.54) is 0 Å². The third-order valence-electron chi connectivity index (χ3n) is 3.26. The topological polar surface area (TPSA) is 76.7 Å². The normalized spacial score (nSPS) is 10.3. The number of nitrogens with one attached hydrogen (secondary N) is 2. The third kappa shape index (κ3) is 6.07. The van der Waals surface area contributed by atoms with Gasteiger partial charge in [-0.2, -0.15) is 0 Å². The van der Waals surface area contributed by atoms with Gasteiger partial charge < -0.3 is 9.47 Å². The SMILES string of the molecule is Cc1ccc(OCC(=O)NNC(=O)c2ccc(OC(C)C)c(Br)c2)cc1. The molecule has 0 heterocycles. The number of ether oxygens (including phenoxy) is 2. The minimum absolute atomic E-state index is 0.0267. The van der Waals surface area contributed by atoms with Crippen LogP contribution in [0.15, 0.2) is 46.9 Å². The standard InChI is InChI=1S/C19H21BrN2O4/c1-12(2)26-17-9-6-14(10-16(17)20)19(24)22-21-18(23)11-25-15-7-4-13(3)5-8-15/h4-10,12H,11H2,1-3H3,(H,21,23)(H,22,24). The Balaban J connectivity index is 1.82. The van der Waals surface area contributed by atoms with Crippen LogP contribution < -0.4 is 20.3 Å². The van der Waals surface area contributed by atoms with Gasteiger partial charge in [0.05, 0.1) is 10.6 Å². The van der Waals surface area contributed by atoms with Gasteiger partial charge in [-0.05, 0) is 67.0 Å². The lowest BCUT2D eigenvalue weighted by molar-refractivity contribution is -0.123. The van der Waals surface area contributed by atoms with Gasteiger partial charge in [0.25, 0.3) is 11.8 Å². The summed E-state index contributed by atoms with van der Waals surface area (Å²) in [6, 6.07) is 12.3. The van der Waals surface area contributed by atoms with Crippen molar-refractivity contribution < 1.29 is 19.1 Å². The number of amides is 2. The number of hydrazine groups is 1. The molecule has 0 aromatic heterocycles. The summed E-state index contributed by atoms with van der Waals surface area (Å²) in [4.78, 5) is 23.9. The molecule has 0 aliphatic heterocycles. The van der Waals surface area contributed by atoms with Gasteiger partial charge in [-0.15, -0.1) is 0 Å². The van der Waals surface area contributed by atoms with Crippen LogP contribution in [0.1, 0.15) is 29.8 Å². The summed E-state index contributed by atoms with van der Waals surface area (Å²) in [7, 11) is 0. The molecule has 0 radical (unpaired) electrons. The molecule has 0 aliphatic carbocycles. The first-order chi connectivity index (χ1) is 12.3. The first-order valence-electron chi connectivity index (χ1n) is 8.10. The van der Waals surface area contributed by atoms with E-state index in [0.29, 0.717) is 21.5 Å². The highest BCUT2D eigenvalue weighted by Crippen LogP contribution is 2.26. The zero-order chi connectivity index (χ0) is 19.1. The number of hydrogen-bond donors (Lipinski definition) is 2. The van der Waals surface area contributed by atoms with Crippen molar-refractivity contribution >= 4 is 27.7 Å².